The maximum Gasteiger partial charge on any atom is 0.273 e. The number of hydrogen-bond acceptors (Lipinski definition) is 6. The van der Waals surface area contributed by atoms with Crippen LogP contribution in [0.25, 0.3) is 0 Å². The van der Waals surface area contributed by atoms with Crippen LogP contribution >= 0.6 is 0 Å². The van der Waals surface area contributed by atoms with Crippen molar-refractivity contribution in [2.45, 2.75) is 37.9 Å². The number of hydrogen-bond donors (Lipinski definition) is 1. The molecule has 1 aliphatic rings. The average Bonchev–Trinajstić information content (AvgIpc) is 2.80. The highest BCUT2D eigenvalue weighted by Gasteiger charge is 2.34. The average molecular weight is 322 g/mol. The van der Waals surface area contributed by atoms with Gasteiger partial charge in [-0.05, 0) is 12.3 Å². The zero-order chi connectivity index (χ0) is 15.1. The van der Waals surface area contributed by atoms with Crippen molar-refractivity contribution in [1.29, 1.82) is 0 Å². The van der Waals surface area contributed by atoms with Gasteiger partial charge < -0.3 is 4.57 Å². The predicted molar refractivity (Wildman–Crippen MR) is 72.2 cm³/mol. The van der Waals surface area contributed by atoms with Crippen molar-refractivity contribution in [2.24, 2.45) is 11.1 Å². The Morgan fingerprint density at radius 1 is 1.40 bits per heavy atom. The first-order valence-corrected chi connectivity index (χ1v) is 9.63. The molecule has 20 heavy (non-hydrogen) atoms. The Morgan fingerprint density at radius 2 is 2.05 bits per heavy atom. The van der Waals surface area contributed by atoms with Crippen molar-refractivity contribution < 1.29 is 16.8 Å². The molecule has 0 radical (unpaired) electrons. The number of sulfonamides is 1. The molecule has 0 spiro atoms. The SMILES string of the molecule is CC(C)Cn1c(C2CCS(=O)(=O)C2)nnc1S(N)(=O)=O. The molecule has 1 aromatic rings. The molecule has 1 saturated heterocycles. The van der Waals surface area contributed by atoms with E-state index in [9.17, 15) is 16.8 Å². The summed E-state index contributed by atoms with van der Waals surface area (Å²) in [6, 6.07) is 0. The monoisotopic (exact) mass is 322 g/mol. The fourth-order valence-corrected chi connectivity index (χ4v) is 4.72. The van der Waals surface area contributed by atoms with Gasteiger partial charge in [-0.25, -0.2) is 22.0 Å². The summed E-state index contributed by atoms with van der Waals surface area (Å²) in [6.07, 6.45) is 0.434. The number of aromatic nitrogens is 3. The Kier molecular flexibility index (Phi) is 3.91. The van der Waals surface area contributed by atoms with Crippen LogP contribution in [0.3, 0.4) is 0 Å². The Labute approximate surface area is 118 Å². The van der Waals surface area contributed by atoms with Crippen molar-refractivity contribution in [2.75, 3.05) is 11.5 Å². The highest BCUT2D eigenvalue weighted by Crippen LogP contribution is 2.29. The number of rotatable bonds is 4. The summed E-state index contributed by atoms with van der Waals surface area (Å²) in [5.41, 5.74) is 0. The smallest absolute Gasteiger partial charge is 0.273 e. The molecule has 0 bridgehead atoms. The summed E-state index contributed by atoms with van der Waals surface area (Å²) < 4.78 is 47.6. The molecule has 1 aromatic heterocycles. The minimum atomic E-state index is -3.98. The minimum absolute atomic E-state index is 0.0200. The van der Waals surface area contributed by atoms with Crippen LogP contribution in [0, 0.1) is 5.92 Å². The highest BCUT2D eigenvalue weighted by molar-refractivity contribution is 7.91. The molecular weight excluding hydrogens is 304 g/mol. The molecule has 114 valence electrons. The van der Waals surface area contributed by atoms with Gasteiger partial charge in [-0.1, -0.05) is 13.8 Å². The molecule has 2 rings (SSSR count). The third kappa shape index (κ3) is 3.18. The Morgan fingerprint density at radius 3 is 2.50 bits per heavy atom. The van der Waals surface area contributed by atoms with E-state index in [-0.39, 0.29) is 28.5 Å². The van der Waals surface area contributed by atoms with Crippen LogP contribution in [0.5, 0.6) is 0 Å². The van der Waals surface area contributed by atoms with Crippen molar-refractivity contribution in [3.8, 4) is 0 Å². The summed E-state index contributed by atoms with van der Waals surface area (Å²) in [7, 11) is -7.05. The number of primary sulfonamides is 1. The molecule has 10 heteroatoms. The van der Waals surface area contributed by atoms with Crippen LogP contribution in [0.2, 0.25) is 0 Å². The molecule has 2 heterocycles. The van der Waals surface area contributed by atoms with Crippen LogP contribution in [-0.4, -0.2) is 43.1 Å². The molecule has 0 aromatic carbocycles. The molecule has 0 saturated carbocycles. The van der Waals surface area contributed by atoms with Crippen molar-refractivity contribution in [3.05, 3.63) is 5.82 Å². The lowest BCUT2D eigenvalue weighted by Gasteiger charge is -2.14. The largest absolute Gasteiger partial charge is 0.300 e. The third-order valence-corrected chi connectivity index (χ3v) is 5.72. The van der Waals surface area contributed by atoms with Crippen LogP contribution in [0.4, 0.5) is 0 Å². The molecule has 1 unspecified atom stereocenters. The number of sulfone groups is 1. The highest BCUT2D eigenvalue weighted by atomic mass is 32.2. The van der Waals surface area contributed by atoms with Gasteiger partial charge in [0.15, 0.2) is 9.84 Å². The summed E-state index contributed by atoms with van der Waals surface area (Å²) in [5, 5.41) is 12.3. The Hall–Kier alpha value is -1.00. The molecule has 1 atom stereocenters. The molecule has 0 aliphatic carbocycles. The minimum Gasteiger partial charge on any atom is -0.300 e. The molecule has 2 N–H and O–H groups in total. The van der Waals surface area contributed by atoms with E-state index in [1.165, 1.54) is 4.57 Å². The maximum absolute atomic E-state index is 11.6. The van der Waals surface area contributed by atoms with Crippen molar-refractivity contribution >= 4 is 19.9 Å². The summed E-state index contributed by atoms with van der Waals surface area (Å²) in [6.45, 7) is 4.22. The van der Waals surface area contributed by atoms with E-state index >= 15 is 0 Å². The van der Waals surface area contributed by atoms with Crippen molar-refractivity contribution in [3.63, 3.8) is 0 Å². The van der Waals surface area contributed by atoms with E-state index < -0.39 is 19.9 Å². The number of nitrogens with zero attached hydrogens (tertiary/aromatic N) is 3. The second-order valence-corrected chi connectivity index (χ2v) is 9.17. The van der Waals surface area contributed by atoms with Gasteiger partial charge in [0.2, 0.25) is 0 Å². The maximum atomic E-state index is 11.6. The fraction of sp³-hybridized carbons (Fsp3) is 0.800. The van der Waals surface area contributed by atoms with Gasteiger partial charge in [0, 0.05) is 12.5 Å². The van der Waals surface area contributed by atoms with Gasteiger partial charge in [-0.2, -0.15) is 0 Å². The van der Waals surface area contributed by atoms with E-state index in [0.717, 1.165) is 0 Å². The second kappa shape index (κ2) is 5.08. The standard InChI is InChI=1S/C10H18N4O4S2/c1-7(2)5-14-9(8-3-4-19(15,16)6-8)12-13-10(14)20(11,17)18/h7-8H,3-6H2,1-2H3,(H2,11,17,18). The predicted octanol–water partition coefficient (Wildman–Crippen LogP) is -0.516. The molecular formula is C10H18N4O4S2. The first kappa shape index (κ1) is 15.4. The molecule has 8 nitrogen and oxygen atoms in total. The van der Waals surface area contributed by atoms with Crippen LogP contribution in [0.15, 0.2) is 5.16 Å². The van der Waals surface area contributed by atoms with Crippen molar-refractivity contribution in [1.82, 2.24) is 14.8 Å². The first-order chi connectivity index (χ1) is 9.10. The van der Waals surface area contributed by atoms with Gasteiger partial charge in [0.1, 0.15) is 5.82 Å². The second-order valence-electron chi connectivity index (χ2n) is 5.49. The van der Waals surface area contributed by atoms with Gasteiger partial charge in [-0.15, -0.1) is 10.2 Å². The van der Waals surface area contributed by atoms with Gasteiger partial charge in [0.05, 0.1) is 11.5 Å². The van der Waals surface area contributed by atoms with E-state index in [0.29, 0.717) is 18.8 Å². The molecule has 1 fully saturated rings. The third-order valence-electron chi connectivity index (χ3n) is 3.15. The summed E-state index contributed by atoms with van der Waals surface area (Å²) in [4.78, 5) is 0. The lowest BCUT2D eigenvalue weighted by Crippen LogP contribution is -2.22. The van der Waals surface area contributed by atoms with E-state index in [4.69, 9.17) is 5.14 Å². The van der Waals surface area contributed by atoms with Crippen LogP contribution < -0.4 is 5.14 Å². The quantitative estimate of drug-likeness (QED) is 0.795. The zero-order valence-electron chi connectivity index (χ0n) is 11.4. The van der Waals surface area contributed by atoms with Gasteiger partial charge >= 0.3 is 0 Å². The molecule has 0 amide bonds. The fourth-order valence-electron chi connectivity index (χ4n) is 2.35. The van der Waals surface area contributed by atoms with Crippen LogP contribution in [0.1, 0.15) is 32.0 Å². The Bertz CT molecular complexity index is 706. The van der Waals surface area contributed by atoms with Crippen LogP contribution in [-0.2, 0) is 26.4 Å². The zero-order valence-corrected chi connectivity index (χ0v) is 13.0. The van der Waals surface area contributed by atoms with E-state index in [2.05, 4.69) is 10.2 Å². The number of nitrogens with two attached hydrogens (primary N) is 1. The first-order valence-electron chi connectivity index (χ1n) is 6.26. The topological polar surface area (TPSA) is 125 Å². The van der Waals surface area contributed by atoms with Gasteiger partial charge in [-0.3, -0.25) is 0 Å². The molecule has 1 aliphatic heterocycles. The Balaban J connectivity index is 2.46. The normalized spacial score (nSPS) is 22.5. The lowest BCUT2D eigenvalue weighted by molar-refractivity contribution is 0.460. The lowest BCUT2D eigenvalue weighted by atomic mass is 10.1. The van der Waals surface area contributed by atoms with Gasteiger partial charge in [0.25, 0.3) is 15.2 Å². The van der Waals surface area contributed by atoms with E-state index in [1.54, 1.807) is 0 Å². The van der Waals surface area contributed by atoms with E-state index in [1.807, 2.05) is 13.8 Å². The summed E-state index contributed by atoms with van der Waals surface area (Å²) in [5.74, 6) is 0.305. The summed E-state index contributed by atoms with van der Waals surface area (Å²) >= 11 is 0.